The summed E-state index contributed by atoms with van der Waals surface area (Å²) in [7, 11) is 0. The molecule has 9 heavy (non-hydrogen) atoms. The van der Waals surface area contributed by atoms with Gasteiger partial charge >= 0.3 is 0 Å². The summed E-state index contributed by atoms with van der Waals surface area (Å²) in [6.07, 6.45) is 2.38. The molecule has 0 saturated carbocycles. The Balaban J connectivity index is 0. The van der Waals surface area contributed by atoms with Crippen LogP contribution in [-0.2, 0) is 37.5 Å². The first-order valence-corrected chi connectivity index (χ1v) is 2.13. The predicted molar refractivity (Wildman–Crippen MR) is 29.3 cm³/mol. The predicted octanol–water partition coefficient (Wildman–Crippen LogP) is 0.870. The van der Waals surface area contributed by atoms with Gasteiger partial charge in [-0.2, -0.15) is 12.1 Å². The molecule has 0 heterocycles. The Morgan fingerprint density at radius 2 is 2.22 bits per heavy atom. The molecule has 0 aromatic carbocycles. The number of hydrogen-bond acceptors (Lipinski definition) is 1. The van der Waals surface area contributed by atoms with Crippen LogP contribution in [0.25, 0.3) is 5.73 Å². The molecule has 0 fully saturated rings. The van der Waals surface area contributed by atoms with E-state index in [4.69, 9.17) is 10.8 Å². The molecule has 0 aliphatic carbocycles. The minimum atomic E-state index is -1.05. The van der Waals surface area contributed by atoms with E-state index in [1.165, 1.54) is 6.92 Å². The number of aliphatic carboxylic acids is 1. The summed E-state index contributed by atoms with van der Waals surface area (Å²) >= 11 is 0. The zero-order valence-corrected chi connectivity index (χ0v) is 7.98. The van der Waals surface area contributed by atoms with Crippen molar-refractivity contribution in [3.63, 3.8) is 0 Å². The van der Waals surface area contributed by atoms with E-state index >= 15 is 0 Å². The molecular weight excluding hydrogens is 195 g/mol. The van der Waals surface area contributed by atoms with Gasteiger partial charge in [0.2, 0.25) is 0 Å². The fourth-order valence-corrected chi connectivity index (χ4v) is 0.271. The Hall–Kier alpha value is 0.274. The smallest absolute Gasteiger partial charge is 0.166 e. The molecule has 0 aliphatic heterocycles. The van der Waals surface area contributed by atoms with Crippen molar-refractivity contribution in [2.24, 2.45) is 0 Å². The fraction of sp³-hybridized carbons (Fsp3) is 0.400. The van der Waals surface area contributed by atoms with Gasteiger partial charge in [-0.1, -0.05) is 0 Å². The van der Waals surface area contributed by atoms with Crippen LogP contribution in [0.1, 0.15) is 6.92 Å². The van der Waals surface area contributed by atoms with Crippen molar-refractivity contribution in [3.8, 4) is 0 Å². The Kier molecular flexibility index (Phi) is 8.53. The van der Waals surface area contributed by atoms with Crippen LogP contribution in [-0.4, -0.2) is 17.6 Å². The van der Waals surface area contributed by atoms with Crippen molar-refractivity contribution in [1.82, 2.24) is 0 Å². The monoisotopic (exact) mass is 202 g/mol. The first-order chi connectivity index (χ1) is 3.72. The molecular formula is C5H7NO2Y-2. The topological polar surface area (TPSA) is 61.1 Å². The minimum Gasteiger partial charge on any atom is -0.676 e. The molecule has 0 amide bonds. The maximum atomic E-state index is 9.94. The summed E-state index contributed by atoms with van der Waals surface area (Å²) in [5.41, 5.74) is 6.63. The van der Waals surface area contributed by atoms with E-state index in [1.807, 2.05) is 0 Å². The summed E-state index contributed by atoms with van der Waals surface area (Å²) in [5, 5.41) is 8.15. The van der Waals surface area contributed by atoms with Gasteiger partial charge in [0.1, 0.15) is 0 Å². The van der Waals surface area contributed by atoms with E-state index in [0.717, 1.165) is 0 Å². The van der Waals surface area contributed by atoms with Gasteiger partial charge in [0.15, 0.2) is 5.97 Å². The quantitative estimate of drug-likeness (QED) is 0.533. The molecule has 0 unspecified atom stereocenters. The van der Waals surface area contributed by atoms with Gasteiger partial charge in [-0.25, -0.2) is 0 Å². The molecule has 0 bridgehead atoms. The van der Waals surface area contributed by atoms with E-state index in [1.54, 1.807) is 0 Å². The molecule has 2 N–H and O–H groups in total. The number of nitrogens with one attached hydrogen (secondary N) is 1. The molecule has 0 atom stereocenters. The molecule has 0 aliphatic rings. The van der Waals surface area contributed by atoms with E-state index in [2.05, 4.69) is 6.08 Å². The van der Waals surface area contributed by atoms with Crippen molar-refractivity contribution in [2.45, 2.75) is 6.92 Å². The van der Waals surface area contributed by atoms with Crippen molar-refractivity contribution in [3.05, 3.63) is 17.4 Å². The van der Waals surface area contributed by atoms with E-state index in [0.29, 0.717) is 0 Å². The standard InChI is InChI=1S/C5H7NO2.Y/c1-2-4(3-6)5(7)8;/h6H,3H2,1H3,(H,7,8);/q-2;. The summed E-state index contributed by atoms with van der Waals surface area (Å²) in [6, 6.07) is 0. The third kappa shape index (κ3) is 4.76. The number of rotatable bonds is 2. The Bertz CT molecular complexity index is 122. The Labute approximate surface area is 79.2 Å². The second-order valence-corrected chi connectivity index (χ2v) is 1.21. The van der Waals surface area contributed by atoms with Crippen LogP contribution in [0.5, 0.6) is 0 Å². The largest absolute Gasteiger partial charge is 0.676 e. The molecule has 0 rings (SSSR count). The molecule has 1 radical (unpaired) electrons. The average molecular weight is 202 g/mol. The van der Waals surface area contributed by atoms with Crippen LogP contribution in [0.15, 0.2) is 5.57 Å². The zero-order chi connectivity index (χ0) is 6.57. The summed E-state index contributed by atoms with van der Waals surface area (Å²) in [5.74, 6) is -1.05. The molecule has 0 spiro atoms. The number of carbonyl (C=O) groups is 1. The molecule has 3 nitrogen and oxygen atoms in total. The Morgan fingerprint density at radius 3 is 2.22 bits per heavy atom. The van der Waals surface area contributed by atoms with Crippen LogP contribution in [0.2, 0.25) is 0 Å². The molecule has 4 heteroatoms. The van der Waals surface area contributed by atoms with Crippen LogP contribution >= 0.6 is 0 Å². The summed E-state index contributed by atoms with van der Waals surface area (Å²) < 4.78 is 0. The van der Waals surface area contributed by atoms with Crippen LogP contribution in [0.3, 0.4) is 0 Å². The molecule has 0 aromatic heterocycles. The summed E-state index contributed by atoms with van der Waals surface area (Å²) in [4.78, 5) is 9.94. The van der Waals surface area contributed by atoms with Gasteiger partial charge < -0.3 is 15.6 Å². The van der Waals surface area contributed by atoms with Crippen LogP contribution in [0.4, 0.5) is 0 Å². The maximum absolute atomic E-state index is 9.94. The molecule has 49 valence electrons. The number of carboxylic acids is 1. The second-order valence-electron chi connectivity index (χ2n) is 1.21. The first kappa shape index (κ1) is 12.0. The third-order valence-electron chi connectivity index (χ3n) is 0.737. The van der Waals surface area contributed by atoms with Gasteiger partial charge in [-0.05, 0) is 0 Å². The van der Waals surface area contributed by atoms with Gasteiger partial charge in [-0.15, -0.1) is 6.92 Å². The third-order valence-corrected chi connectivity index (χ3v) is 0.737. The van der Waals surface area contributed by atoms with Crippen molar-refractivity contribution in [1.29, 1.82) is 0 Å². The molecule has 0 aromatic rings. The van der Waals surface area contributed by atoms with Gasteiger partial charge in [-0.3, -0.25) is 6.08 Å². The molecule has 0 saturated heterocycles. The number of hydrogen-bond donors (Lipinski definition) is 1. The average Bonchev–Trinajstić information content (AvgIpc) is 1.69. The van der Waals surface area contributed by atoms with E-state index in [-0.39, 0.29) is 44.8 Å². The number of allylic oxidation sites excluding steroid dienone is 1. The zero-order valence-electron chi connectivity index (χ0n) is 5.14. The second kappa shape index (κ2) is 6.39. The van der Waals surface area contributed by atoms with Crippen molar-refractivity contribution < 1.29 is 42.6 Å². The van der Waals surface area contributed by atoms with Crippen LogP contribution in [0, 0.1) is 6.08 Å². The van der Waals surface area contributed by atoms with Crippen LogP contribution < -0.4 is 0 Å². The first-order valence-electron chi connectivity index (χ1n) is 2.13. The van der Waals surface area contributed by atoms with Gasteiger partial charge in [0.05, 0.1) is 0 Å². The fourth-order valence-electron chi connectivity index (χ4n) is 0.271. The van der Waals surface area contributed by atoms with E-state index in [9.17, 15) is 4.79 Å². The normalized spacial score (nSPS) is 10.2. The maximum Gasteiger partial charge on any atom is 0.166 e. The Morgan fingerprint density at radius 1 is 1.78 bits per heavy atom. The minimum absolute atomic E-state index is 0. The van der Waals surface area contributed by atoms with Crippen molar-refractivity contribution >= 4 is 5.97 Å². The van der Waals surface area contributed by atoms with E-state index < -0.39 is 5.97 Å². The number of carboxylic acid groups (broad SMARTS) is 1. The van der Waals surface area contributed by atoms with Gasteiger partial charge in [0, 0.05) is 32.7 Å². The van der Waals surface area contributed by atoms with Gasteiger partial charge in [0.25, 0.3) is 0 Å². The SMILES string of the molecule is C[C-]=C(C[NH-])C(=O)O.[Y]. The summed E-state index contributed by atoms with van der Waals surface area (Å²) in [6.45, 7) is 1.28. The van der Waals surface area contributed by atoms with Crippen molar-refractivity contribution in [2.75, 3.05) is 6.54 Å².